The van der Waals surface area contributed by atoms with Crippen LogP contribution in [0.15, 0.2) is 29.1 Å². The Hall–Kier alpha value is -1.03. The van der Waals surface area contributed by atoms with Gasteiger partial charge in [-0.2, -0.15) is 9.78 Å². The van der Waals surface area contributed by atoms with E-state index in [4.69, 9.17) is 34.8 Å². The monoisotopic (exact) mass is 288 g/mol. The standard InChI is InChI=1S/C11H7Cl3N2O/c1-6-2-4-7(5-3-6)16-11(17)9(13)8(12)10(14)15-16/h2-5H,1H3. The first kappa shape index (κ1) is 12.4. The van der Waals surface area contributed by atoms with Gasteiger partial charge in [-0.25, -0.2) is 0 Å². The van der Waals surface area contributed by atoms with Gasteiger partial charge in [-0.05, 0) is 19.1 Å². The molecule has 0 atom stereocenters. The predicted octanol–water partition coefficient (Wildman–Crippen LogP) is 3.50. The summed E-state index contributed by atoms with van der Waals surface area (Å²) < 4.78 is 1.12. The molecule has 0 spiro atoms. The molecule has 0 saturated heterocycles. The molecule has 0 N–H and O–H groups in total. The summed E-state index contributed by atoms with van der Waals surface area (Å²) in [6.45, 7) is 1.95. The van der Waals surface area contributed by atoms with E-state index in [2.05, 4.69) is 5.10 Å². The van der Waals surface area contributed by atoms with Crippen LogP contribution < -0.4 is 5.56 Å². The Morgan fingerprint density at radius 1 is 1.06 bits per heavy atom. The molecule has 1 heterocycles. The van der Waals surface area contributed by atoms with E-state index in [-0.39, 0.29) is 15.2 Å². The summed E-state index contributed by atoms with van der Waals surface area (Å²) in [5.41, 5.74) is 1.17. The zero-order valence-electron chi connectivity index (χ0n) is 8.75. The molecule has 0 radical (unpaired) electrons. The van der Waals surface area contributed by atoms with E-state index in [0.29, 0.717) is 5.69 Å². The van der Waals surface area contributed by atoms with Crippen LogP contribution in [0.5, 0.6) is 0 Å². The van der Waals surface area contributed by atoms with Crippen molar-refractivity contribution in [3.05, 3.63) is 55.4 Å². The highest BCUT2D eigenvalue weighted by atomic mass is 35.5. The molecule has 0 amide bonds. The van der Waals surface area contributed by atoms with Crippen molar-refractivity contribution in [2.24, 2.45) is 0 Å². The van der Waals surface area contributed by atoms with Gasteiger partial charge in [-0.3, -0.25) is 4.79 Å². The van der Waals surface area contributed by atoms with Gasteiger partial charge in [-0.15, -0.1) is 0 Å². The minimum absolute atomic E-state index is 0.00292. The maximum absolute atomic E-state index is 11.9. The van der Waals surface area contributed by atoms with Crippen LogP contribution in [-0.4, -0.2) is 9.78 Å². The lowest BCUT2D eigenvalue weighted by atomic mass is 10.2. The van der Waals surface area contributed by atoms with Gasteiger partial charge in [-0.1, -0.05) is 52.5 Å². The third-order valence-corrected chi connectivity index (χ3v) is 3.40. The molecule has 0 fully saturated rings. The SMILES string of the molecule is Cc1ccc(-n2nc(Cl)c(Cl)c(Cl)c2=O)cc1. The number of hydrogen-bond donors (Lipinski definition) is 0. The summed E-state index contributed by atoms with van der Waals surface area (Å²) in [4.78, 5) is 11.9. The maximum Gasteiger partial charge on any atom is 0.291 e. The number of benzene rings is 1. The number of aryl methyl sites for hydroxylation is 1. The third-order valence-electron chi connectivity index (χ3n) is 2.22. The first-order chi connectivity index (χ1) is 8.00. The summed E-state index contributed by atoms with van der Waals surface area (Å²) in [5.74, 6) is 0. The fraction of sp³-hybridized carbons (Fsp3) is 0.0909. The lowest BCUT2D eigenvalue weighted by molar-refractivity contribution is 0.807. The van der Waals surface area contributed by atoms with Crippen LogP contribution in [-0.2, 0) is 0 Å². The minimum Gasteiger partial charge on any atom is -0.266 e. The number of aromatic nitrogens is 2. The molecule has 1 aromatic carbocycles. The van der Waals surface area contributed by atoms with Gasteiger partial charge in [0.05, 0.1) is 5.69 Å². The first-order valence-corrected chi connectivity index (χ1v) is 5.85. The van der Waals surface area contributed by atoms with Crippen molar-refractivity contribution in [3.63, 3.8) is 0 Å². The van der Waals surface area contributed by atoms with Gasteiger partial charge in [0, 0.05) is 0 Å². The number of hydrogen-bond acceptors (Lipinski definition) is 2. The summed E-state index contributed by atoms with van der Waals surface area (Å²) in [6, 6.07) is 7.23. The average Bonchev–Trinajstić information content (AvgIpc) is 2.32. The molecule has 17 heavy (non-hydrogen) atoms. The molecule has 88 valence electrons. The topological polar surface area (TPSA) is 34.9 Å². The van der Waals surface area contributed by atoms with E-state index < -0.39 is 5.56 Å². The molecule has 0 saturated carbocycles. The average molecular weight is 290 g/mol. The van der Waals surface area contributed by atoms with E-state index in [9.17, 15) is 4.79 Å². The van der Waals surface area contributed by atoms with Crippen molar-refractivity contribution in [2.45, 2.75) is 6.92 Å². The number of nitrogens with zero attached hydrogens (tertiary/aromatic N) is 2. The van der Waals surface area contributed by atoms with Crippen LogP contribution >= 0.6 is 34.8 Å². The fourth-order valence-corrected chi connectivity index (χ4v) is 1.82. The Labute approximate surface area is 113 Å². The number of halogens is 3. The zero-order chi connectivity index (χ0) is 12.6. The van der Waals surface area contributed by atoms with Gasteiger partial charge >= 0.3 is 0 Å². The molecule has 0 aliphatic rings. The van der Waals surface area contributed by atoms with Crippen molar-refractivity contribution in [2.75, 3.05) is 0 Å². The van der Waals surface area contributed by atoms with Gasteiger partial charge < -0.3 is 0 Å². The molecule has 6 heteroatoms. The molecular weight excluding hydrogens is 282 g/mol. The van der Waals surface area contributed by atoms with Crippen LogP contribution in [0.3, 0.4) is 0 Å². The van der Waals surface area contributed by atoms with E-state index in [1.165, 1.54) is 0 Å². The Balaban J connectivity index is 2.68. The Kier molecular flexibility index (Phi) is 3.43. The highest BCUT2D eigenvalue weighted by Crippen LogP contribution is 2.25. The van der Waals surface area contributed by atoms with E-state index >= 15 is 0 Å². The van der Waals surface area contributed by atoms with Gasteiger partial charge in [0.25, 0.3) is 5.56 Å². The quantitative estimate of drug-likeness (QED) is 0.805. The summed E-state index contributed by atoms with van der Waals surface area (Å²) in [7, 11) is 0. The molecule has 2 aromatic rings. The second-order valence-electron chi connectivity index (χ2n) is 3.47. The van der Waals surface area contributed by atoms with Crippen LogP contribution in [0, 0.1) is 6.92 Å². The van der Waals surface area contributed by atoms with E-state index in [1.807, 2.05) is 19.1 Å². The van der Waals surface area contributed by atoms with Crippen molar-refractivity contribution >= 4 is 34.8 Å². The van der Waals surface area contributed by atoms with E-state index in [1.54, 1.807) is 12.1 Å². The first-order valence-electron chi connectivity index (χ1n) is 4.71. The van der Waals surface area contributed by atoms with E-state index in [0.717, 1.165) is 10.2 Å². The second kappa shape index (κ2) is 4.69. The Bertz CT molecular complexity index is 620. The number of rotatable bonds is 1. The molecular formula is C11H7Cl3N2O. The van der Waals surface area contributed by atoms with Gasteiger partial charge in [0.1, 0.15) is 10.0 Å². The van der Waals surface area contributed by atoms with Crippen LogP contribution in [0.4, 0.5) is 0 Å². The van der Waals surface area contributed by atoms with Crippen LogP contribution in [0.2, 0.25) is 15.2 Å². The van der Waals surface area contributed by atoms with Crippen LogP contribution in [0.1, 0.15) is 5.56 Å². The van der Waals surface area contributed by atoms with Crippen molar-refractivity contribution in [1.29, 1.82) is 0 Å². The summed E-state index contributed by atoms with van der Waals surface area (Å²) >= 11 is 17.3. The Morgan fingerprint density at radius 2 is 1.65 bits per heavy atom. The highest BCUT2D eigenvalue weighted by Gasteiger charge is 2.13. The fourth-order valence-electron chi connectivity index (χ4n) is 1.32. The maximum atomic E-state index is 11.9. The summed E-state index contributed by atoms with van der Waals surface area (Å²) in [6.07, 6.45) is 0. The largest absolute Gasteiger partial charge is 0.291 e. The minimum atomic E-state index is -0.495. The molecule has 0 aliphatic carbocycles. The predicted molar refractivity (Wildman–Crippen MR) is 69.6 cm³/mol. The summed E-state index contributed by atoms with van der Waals surface area (Å²) in [5, 5.41) is 3.72. The van der Waals surface area contributed by atoms with Crippen LogP contribution in [0.25, 0.3) is 5.69 Å². The highest BCUT2D eigenvalue weighted by molar-refractivity contribution is 6.47. The molecule has 2 rings (SSSR count). The van der Waals surface area contributed by atoms with Crippen molar-refractivity contribution in [1.82, 2.24) is 9.78 Å². The molecule has 0 bridgehead atoms. The van der Waals surface area contributed by atoms with Crippen molar-refractivity contribution < 1.29 is 0 Å². The normalized spacial score (nSPS) is 10.6. The molecule has 0 aliphatic heterocycles. The molecule has 1 aromatic heterocycles. The van der Waals surface area contributed by atoms with Gasteiger partial charge in [0.2, 0.25) is 0 Å². The van der Waals surface area contributed by atoms with Crippen molar-refractivity contribution in [3.8, 4) is 5.69 Å². The van der Waals surface area contributed by atoms with Gasteiger partial charge in [0.15, 0.2) is 5.15 Å². The third kappa shape index (κ3) is 2.32. The zero-order valence-corrected chi connectivity index (χ0v) is 11.0. The Morgan fingerprint density at radius 3 is 2.24 bits per heavy atom. The molecule has 3 nitrogen and oxygen atoms in total. The lowest BCUT2D eigenvalue weighted by Crippen LogP contribution is -2.22. The smallest absolute Gasteiger partial charge is 0.266 e. The molecule has 0 unspecified atom stereocenters. The second-order valence-corrected chi connectivity index (χ2v) is 4.59. The lowest BCUT2D eigenvalue weighted by Gasteiger charge is -2.07.